The van der Waals surface area contributed by atoms with Crippen LogP contribution in [0.4, 0.5) is 0 Å². The molecule has 0 N–H and O–H groups in total. The highest BCUT2D eigenvalue weighted by Crippen LogP contribution is 2.36. The number of nitrogens with zero attached hydrogens (tertiary/aromatic N) is 4. The Morgan fingerprint density at radius 1 is 1.20 bits per heavy atom. The number of fused-ring (bicyclic) bond motifs is 1. The van der Waals surface area contributed by atoms with Crippen LogP contribution < -0.4 is 4.74 Å². The van der Waals surface area contributed by atoms with Gasteiger partial charge in [0, 0.05) is 75.9 Å². The van der Waals surface area contributed by atoms with Crippen molar-refractivity contribution in [1.29, 1.82) is 0 Å². The summed E-state index contributed by atoms with van der Waals surface area (Å²) in [6.07, 6.45) is 7.71. The zero-order chi connectivity index (χ0) is 21.1. The quantitative estimate of drug-likeness (QED) is 0.775. The summed E-state index contributed by atoms with van der Waals surface area (Å²) in [5.74, 6) is 1.96. The molecule has 1 amide bonds. The fraction of sp³-hybridized carbons (Fsp3) is 0.542. The number of aryl methyl sites for hydroxylation is 2. The lowest BCUT2D eigenvalue weighted by Crippen LogP contribution is -2.53. The van der Waals surface area contributed by atoms with Gasteiger partial charge < -0.3 is 9.64 Å². The van der Waals surface area contributed by atoms with Crippen molar-refractivity contribution in [3.05, 3.63) is 53.1 Å². The average molecular weight is 409 g/mol. The molecular formula is C24H32N4O2. The molecule has 2 aliphatic heterocycles. The monoisotopic (exact) mass is 408 g/mol. The predicted molar refractivity (Wildman–Crippen MR) is 116 cm³/mol. The minimum Gasteiger partial charge on any atom is -0.485 e. The third-order valence-electron chi connectivity index (χ3n) is 6.23. The molecule has 4 rings (SSSR count). The van der Waals surface area contributed by atoms with Gasteiger partial charge in [0.2, 0.25) is 5.91 Å². The van der Waals surface area contributed by atoms with Crippen molar-refractivity contribution < 1.29 is 9.53 Å². The summed E-state index contributed by atoms with van der Waals surface area (Å²) >= 11 is 0. The molecule has 0 atom stereocenters. The number of likely N-dealkylation sites (tertiary alicyclic amines) is 1. The van der Waals surface area contributed by atoms with Crippen molar-refractivity contribution >= 4 is 5.91 Å². The number of rotatable bonds is 4. The third kappa shape index (κ3) is 4.64. The first kappa shape index (κ1) is 20.8. The van der Waals surface area contributed by atoms with Crippen LogP contribution in [0.3, 0.4) is 0 Å². The lowest BCUT2D eigenvalue weighted by molar-refractivity contribution is -0.132. The number of piperidine rings is 1. The second-order valence-corrected chi connectivity index (χ2v) is 8.81. The molecule has 0 aliphatic carbocycles. The van der Waals surface area contributed by atoms with E-state index < -0.39 is 0 Å². The number of amides is 1. The van der Waals surface area contributed by atoms with Crippen molar-refractivity contribution in [2.75, 3.05) is 19.6 Å². The van der Waals surface area contributed by atoms with E-state index in [1.165, 1.54) is 5.56 Å². The smallest absolute Gasteiger partial charge is 0.219 e. The van der Waals surface area contributed by atoms with Gasteiger partial charge in [-0.1, -0.05) is 24.6 Å². The standard InChI is InChI=1S/C24H32N4O2/c1-4-5-23-25-13-20(14-26-23)15-27-10-8-24(9-11-27)17-28(19(3)29)16-21-12-18(2)6-7-22(21)30-24/h6-7,12-14H,4-5,8-11,15-17H2,1-3H3. The molecule has 1 saturated heterocycles. The van der Waals surface area contributed by atoms with Crippen LogP contribution in [0.25, 0.3) is 0 Å². The summed E-state index contributed by atoms with van der Waals surface area (Å²) in [6.45, 7) is 9.88. The van der Waals surface area contributed by atoms with Gasteiger partial charge in [0.15, 0.2) is 0 Å². The largest absolute Gasteiger partial charge is 0.485 e. The number of aromatic nitrogens is 2. The van der Waals surface area contributed by atoms with E-state index in [2.05, 4.69) is 46.9 Å². The van der Waals surface area contributed by atoms with E-state index in [-0.39, 0.29) is 11.5 Å². The Balaban J connectivity index is 1.45. The molecule has 6 nitrogen and oxygen atoms in total. The molecule has 30 heavy (non-hydrogen) atoms. The average Bonchev–Trinajstić information content (AvgIpc) is 2.88. The highest BCUT2D eigenvalue weighted by Gasteiger charge is 2.41. The second kappa shape index (κ2) is 8.72. The highest BCUT2D eigenvalue weighted by molar-refractivity contribution is 5.73. The van der Waals surface area contributed by atoms with Crippen LogP contribution >= 0.6 is 0 Å². The molecule has 2 aromatic rings. The minimum absolute atomic E-state index is 0.110. The van der Waals surface area contributed by atoms with Crippen molar-refractivity contribution in [2.24, 2.45) is 0 Å². The van der Waals surface area contributed by atoms with Crippen molar-refractivity contribution in [3.8, 4) is 5.75 Å². The summed E-state index contributed by atoms with van der Waals surface area (Å²) in [4.78, 5) is 25.6. The maximum Gasteiger partial charge on any atom is 0.219 e. The molecule has 0 unspecified atom stereocenters. The Kier molecular flexibility index (Phi) is 6.04. The van der Waals surface area contributed by atoms with E-state index >= 15 is 0 Å². The van der Waals surface area contributed by atoms with Crippen LogP contribution in [0.5, 0.6) is 5.75 Å². The Bertz CT molecular complexity index is 889. The maximum atomic E-state index is 12.3. The van der Waals surface area contributed by atoms with Crippen LogP contribution in [0, 0.1) is 6.92 Å². The molecule has 1 spiro atoms. The van der Waals surface area contributed by atoms with E-state index in [4.69, 9.17) is 4.74 Å². The summed E-state index contributed by atoms with van der Waals surface area (Å²) in [5, 5.41) is 0. The zero-order valence-corrected chi connectivity index (χ0v) is 18.4. The lowest BCUT2D eigenvalue weighted by Gasteiger charge is -2.42. The molecule has 0 radical (unpaired) electrons. The first-order valence-corrected chi connectivity index (χ1v) is 11.0. The summed E-state index contributed by atoms with van der Waals surface area (Å²) < 4.78 is 6.62. The van der Waals surface area contributed by atoms with Gasteiger partial charge in [-0.05, 0) is 19.4 Å². The fourth-order valence-electron chi connectivity index (χ4n) is 4.48. The van der Waals surface area contributed by atoms with Crippen molar-refractivity contribution in [2.45, 2.75) is 65.1 Å². The van der Waals surface area contributed by atoms with Crippen LogP contribution in [0.15, 0.2) is 30.6 Å². The number of benzene rings is 1. The van der Waals surface area contributed by atoms with Crippen LogP contribution in [0.2, 0.25) is 0 Å². The lowest BCUT2D eigenvalue weighted by atomic mass is 9.90. The SMILES string of the molecule is CCCc1ncc(CN2CCC3(CC2)CN(C(C)=O)Cc2cc(C)ccc2O3)cn1. The Morgan fingerprint density at radius 3 is 2.60 bits per heavy atom. The number of ether oxygens (including phenoxy) is 1. The predicted octanol–water partition coefficient (Wildman–Crippen LogP) is 3.51. The topological polar surface area (TPSA) is 58.6 Å². The van der Waals surface area contributed by atoms with Gasteiger partial charge in [-0.15, -0.1) is 0 Å². The molecule has 1 aromatic heterocycles. The summed E-state index contributed by atoms with van der Waals surface area (Å²) in [7, 11) is 0. The van der Waals surface area contributed by atoms with Crippen LogP contribution in [0.1, 0.15) is 55.6 Å². The molecule has 1 aromatic carbocycles. The molecule has 2 aliphatic rings. The molecule has 3 heterocycles. The van der Waals surface area contributed by atoms with Gasteiger partial charge in [-0.3, -0.25) is 9.69 Å². The Hall–Kier alpha value is -2.47. The van der Waals surface area contributed by atoms with E-state index in [0.717, 1.165) is 68.0 Å². The number of carbonyl (C=O) groups excluding carboxylic acids is 1. The first-order chi connectivity index (χ1) is 14.5. The Labute approximate surface area is 179 Å². The van der Waals surface area contributed by atoms with Crippen molar-refractivity contribution in [3.63, 3.8) is 0 Å². The van der Waals surface area contributed by atoms with Crippen LogP contribution in [-0.4, -0.2) is 50.9 Å². The minimum atomic E-state index is -0.315. The van der Waals surface area contributed by atoms with E-state index in [0.29, 0.717) is 13.1 Å². The Morgan fingerprint density at radius 2 is 1.93 bits per heavy atom. The number of hydrogen-bond donors (Lipinski definition) is 0. The van der Waals surface area contributed by atoms with Gasteiger partial charge in [0.25, 0.3) is 0 Å². The highest BCUT2D eigenvalue weighted by atomic mass is 16.5. The molecule has 0 bridgehead atoms. The number of carbonyl (C=O) groups is 1. The molecule has 0 saturated carbocycles. The third-order valence-corrected chi connectivity index (χ3v) is 6.23. The summed E-state index contributed by atoms with van der Waals surface area (Å²) in [5.41, 5.74) is 3.14. The van der Waals surface area contributed by atoms with Gasteiger partial charge in [0.05, 0.1) is 6.54 Å². The van der Waals surface area contributed by atoms with E-state index in [1.807, 2.05) is 17.3 Å². The van der Waals surface area contributed by atoms with Gasteiger partial charge in [-0.25, -0.2) is 9.97 Å². The fourth-order valence-corrected chi connectivity index (χ4v) is 4.48. The molecule has 1 fully saturated rings. The first-order valence-electron chi connectivity index (χ1n) is 11.0. The molecular weight excluding hydrogens is 376 g/mol. The number of hydrogen-bond acceptors (Lipinski definition) is 5. The maximum absolute atomic E-state index is 12.3. The van der Waals surface area contributed by atoms with E-state index in [1.54, 1.807) is 6.92 Å². The van der Waals surface area contributed by atoms with Gasteiger partial charge in [0.1, 0.15) is 17.2 Å². The second-order valence-electron chi connectivity index (χ2n) is 8.81. The van der Waals surface area contributed by atoms with Gasteiger partial charge in [-0.2, -0.15) is 0 Å². The summed E-state index contributed by atoms with van der Waals surface area (Å²) in [6, 6.07) is 6.30. The van der Waals surface area contributed by atoms with Crippen LogP contribution in [-0.2, 0) is 24.3 Å². The molecule has 160 valence electrons. The van der Waals surface area contributed by atoms with Gasteiger partial charge >= 0.3 is 0 Å². The normalized spacial score (nSPS) is 18.6. The molecule has 6 heteroatoms. The van der Waals surface area contributed by atoms with E-state index in [9.17, 15) is 4.79 Å². The zero-order valence-electron chi connectivity index (χ0n) is 18.4. The van der Waals surface area contributed by atoms with Crippen molar-refractivity contribution in [1.82, 2.24) is 19.8 Å².